The topological polar surface area (TPSA) is 26.3 Å². The van der Waals surface area contributed by atoms with Gasteiger partial charge in [0.1, 0.15) is 0 Å². The van der Waals surface area contributed by atoms with Crippen molar-refractivity contribution in [2.24, 2.45) is 5.41 Å². The van der Waals surface area contributed by atoms with E-state index in [2.05, 4.69) is 19.9 Å². The second-order valence-corrected chi connectivity index (χ2v) is 5.61. The van der Waals surface area contributed by atoms with E-state index in [1.54, 1.807) is 0 Å². The minimum atomic E-state index is -0.197. The molecule has 17 heavy (non-hydrogen) atoms. The Morgan fingerprint density at radius 1 is 1.35 bits per heavy atom. The Hall–Kier alpha value is -1.31. The van der Waals surface area contributed by atoms with Crippen molar-refractivity contribution in [1.29, 1.82) is 0 Å². The number of fused-ring (bicyclic) bond motifs is 1. The third kappa shape index (κ3) is 2.21. The largest absolute Gasteiger partial charge is 0.462 e. The lowest BCUT2D eigenvalue weighted by atomic mass is 9.90. The molecule has 1 aliphatic rings. The van der Waals surface area contributed by atoms with Crippen LogP contribution >= 0.6 is 0 Å². The molecule has 0 spiro atoms. The van der Waals surface area contributed by atoms with Gasteiger partial charge in [-0.05, 0) is 54.9 Å². The first-order valence-corrected chi connectivity index (χ1v) is 6.23. The monoisotopic (exact) mass is 232 g/mol. The molecule has 0 unspecified atom stereocenters. The van der Waals surface area contributed by atoms with E-state index < -0.39 is 0 Å². The summed E-state index contributed by atoms with van der Waals surface area (Å²) >= 11 is 0. The molecule has 0 N–H and O–H groups in total. The molecular formula is C15H20O2. The number of carbonyl (C=O) groups excluding carboxylic acids is 1. The molecule has 0 amide bonds. The van der Waals surface area contributed by atoms with Crippen LogP contribution in [0.2, 0.25) is 0 Å². The molecule has 0 saturated heterocycles. The van der Waals surface area contributed by atoms with Crippen LogP contribution in [0, 0.1) is 12.3 Å². The summed E-state index contributed by atoms with van der Waals surface area (Å²) in [6, 6.07) is 4.00. The molecule has 0 aromatic heterocycles. The summed E-state index contributed by atoms with van der Waals surface area (Å²) in [6.07, 6.45) is 2.16. The average Bonchev–Trinajstić information content (AvgIpc) is 2.54. The highest BCUT2D eigenvalue weighted by Crippen LogP contribution is 2.38. The molecule has 0 radical (unpaired) electrons. The van der Waals surface area contributed by atoms with Crippen LogP contribution in [0.5, 0.6) is 0 Å². The van der Waals surface area contributed by atoms with Crippen molar-refractivity contribution in [2.45, 2.75) is 40.5 Å². The van der Waals surface area contributed by atoms with E-state index in [9.17, 15) is 4.79 Å². The van der Waals surface area contributed by atoms with E-state index in [-0.39, 0.29) is 5.97 Å². The summed E-state index contributed by atoms with van der Waals surface area (Å²) in [6.45, 7) is 8.85. The molecule has 2 heteroatoms. The van der Waals surface area contributed by atoms with Gasteiger partial charge in [-0.3, -0.25) is 0 Å². The highest BCUT2D eigenvalue weighted by Gasteiger charge is 2.30. The molecule has 2 nitrogen and oxygen atoms in total. The number of ether oxygens (including phenoxy) is 1. The van der Waals surface area contributed by atoms with E-state index in [0.29, 0.717) is 12.0 Å². The SMILES string of the molecule is CCOC(=O)c1ccc2c(c1C)CC(C)(C)C2. The minimum absolute atomic E-state index is 0.197. The summed E-state index contributed by atoms with van der Waals surface area (Å²) in [4.78, 5) is 11.8. The van der Waals surface area contributed by atoms with Crippen LogP contribution in [-0.2, 0) is 17.6 Å². The zero-order chi connectivity index (χ0) is 12.6. The molecule has 0 atom stereocenters. The summed E-state index contributed by atoms with van der Waals surface area (Å²) in [5.41, 5.74) is 4.89. The van der Waals surface area contributed by atoms with Gasteiger partial charge in [0.25, 0.3) is 0 Å². The second-order valence-electron chi connectivity index (χ2n) is 5.61. The molecule has 0 saturated carbocycles. The molecule has 0 heterocycles. The lowest BCUT2D eigenvalue weighted by Gasteiger charge is -2.15. The number of esters is 1. The number of carbonyl (C=O) groups is 1. The van der Waals surface area contributed by atoms with Crippen LogP contribution < -0.4 is 0 Å². The fourth-order valence-electron chi connectivity index (χ4n) is 2.71. The lowest BCUT2D eigenvalue weighted by molar-refractivity contribution is 0.0525. The Labute approximate surface area is 103 Å². The molecule has 92 valence electrons. The van der Waals surface area contributed by atoms with Crippen LogP contribution in [0.25, 0.3) is 0 Å². The number of hydrogen-bond donors (Lipinski definition) is 0. The lowest BCUT2D eigenvalue weighted by Crippen LogP contribution is -2.10. The second kappa shape index (κ2) is 4.17. The molecule has 1 aliphatic carbocycles. The third-order valence-corrected chi connectivity index (χ3v) is 3.52. The zero-order valence-electron chi connectivity index (χ0n) is 11.1. The van der Waals surface area contributed by atoms with Gasteiger partial charge in [-0.25, -0.2) is 4.79 Å². The first-order valence-electron chi connectivity index (χ1n) is 6.23. The quantitative estimate of drug-likeness (QED) is 0.731. The van der Waals surface area contributed by atoms with Gasteiger partial charge in [0.15, 0.2) is 0 Å². The van der Waals surface area contributed by atoms with E-state index in [0.717, 1.165) is 24.0 Å². The average molecular weight is 232 g/mol. The predicted octanol–water partition coefficient (Wildman–Crippen LogP) is 3.30. The maximum Gasteiger partial charge on any atom is 0.338 e. The molecule has 1 aromatic carbocycles. The standard InChI is InChI=1S/C15H20O2/c1-5-17-14(16)12-7-6-11-8-15(3,4)9-13(11)10(12)2/h6-7H,5,8-9H2,1-4H3. The molecule has 2 rings (SSSR count). The van der Waals surface area contributed by atoms with Crippen molar-refractivity contribution in [1.82, 2.24) is 0 Å². The minimum Gasteiger partial charge on any atom is -0.462 e. The fourth-order valence-corrected chi connectivity index (χ4v) is 2.71. The third-order valence-electron chi connectivity index (χ3n) is 3.52. The number of benzene rings is 1. The van der Waals surface area contributed by atoms with Crippen molar-refractivity contribution in [3.63, 3.8) is 0 Å². The molecule has 0 bridgehead atoms. The van der Waals surface area contributed by atoms with Gasteiger partial charge in [-0.15, -0.1) is 0 Å². The smallest absolute Gasteiger partial charge is 0.338 e. The maximum absolute atomic E-state index is 11.8. The number of rotatable bonds is 2. The maximum atomic E-state index is 11.8. The van der Waals surface area contributed by atoms with Gasteiger partial charge in [0, 0.05) is 0 Å². The van der Waals surface area contributed by atoms with Crippen molar-refractivity contribution < 1.29 is 9.53 Å². The van der Waals surface area contributed by atoms with Crippen LogP contribution in [0.1, 0.15) is 47.8 Å². The molecule has 0 aliphatic heterocycles. The Kier molecular flexibility index (Phi) is 2.98. The summed E-state index contributed by atoms with van der Waals surface area (Å²) in [5.74, 6) is -0.197. The van der Waals surface area contributed by atoms with Gasteiger partial charge in [-0.1, -0.05) is 19.9 Å². The van der Waals surface area contributed by atoms with Gasteiger partial charge in [0.05, 0.1) is 12.2 Å². The Morgan fingerprint density at radius 3 is 2.71 bits per heavy atom. The van der Waals surface area contributed by atoms with E-state index in [4.69, 9.17) is 4.74 Å². The van der Waals surface area contributed by atoms with E-state index in [1.807, 2.05) is 19.9 Å². The van der Waals surface area contributed by atoms with Crippen molar-refractivity contribution in [3.8, 4) is 0 Å². The van der Waals surface area contributed by atoms with Crippen molar-refractivity contribution in [2.75, 3.05) is 6.61 Å². The van der Waals surface area contributed by atoms with Gasteiger partial charge in [0.2, 0.25) is 0 Å². The highest BCUT2D eigenvalue weighted by molar-refractivity contribution is 5.91. The first kappa shape index (κ1) is 12.2. The first-order chi connectivity index (χ1) is 7.94. The van der Waals surface area contributed by atoms with Crippen LogP contribution in [0.15, 0.2) is 12.1 Å². The van der Waals surface area contributed by atoms with Crippen LogP contribution in [0.4, 0.5) is 0 Å². The normalized spacial score (nSPS) is 16.7. The Balaban J connectivity index is 2.39. The fraction of sp³-hybridized carbons (Fsp3) is 0.533. The number of hydrogen-bond acceptors (Lipinski definition) is 2. The summed E-state index contributed by atoms with van der Waals surface area (Å²) < 4.78 is 5.08. The highest BCUT2D eigenvalue weighted by atomic mass is 16.5. The van der Waals surface area contributed by atoms with Crippen molar-refractivity contribution >= 4 is 5.97 Å². The van der Waals surface area contributed by atoms with Gasteiger partial charge in [-0.2, -0.15) is 0 Å². The van der Waals surface area contributed by atoms with Crippen LogP contribution in [0.3, 0.4) is 0 Å². The Morgan fingerprint density at radius 2 is 2.06 bits per heavy atom. The van der Waals surface area contributed by atoms with E-state index in [1.165, 1.54) is 11.1 Å². The van der Waals surface area contributed by atoms with E-state index >= 15 is 0 Å². The summed E-state index contributed by atoms with van der Waals surface area (Å²) in [7, 11) is 0. The van der Waals surface area contributed by atoms with Crippen LogP contribution in [-0.4, -0.2) is 12.6 Å². The van der Waals surface area contributed by atoms with Crippen molar-refractivity contribution in [3.05, 3.63) is 34.4 Å². The van der Waals surface area contributed by atoms with Gasteiger partial charge >= 0.3 is 5.97 Å². The molecule has 1 aromatic rings. The zero-order valence-corrected chi connectivity index (χ0v) is 11.1. The summed E-state index contributed by atoms with van der Waals surface area (Å²) in [5, 5.41) is 0. The molecule has 0 fully saturated rings. The Bertz CT molecular complexity index is 458. The molecular weight excluding hydrogens is 212 g/mol. The van der Waals surface area contributed by atoms with Gasteiger partial charge < -0.3 is 4.74 Å². The predicted molar refractivity (Wildman–Crippen MR) is 68.3 cm³/mol.